The van der Waals surface area contributed by atoms with Gasteiger partial charge < -0.3 is 16.4 Å². The maximum absolute atomic E-state index is 11.8. The number of nitrogens with one attached hydrogen (secondary N) is 2. The van der Waals surface area contributed by atoms with Gasteiger partial charge in [-0.15, -0.1) is 0 Å². The number of nitrogen functional groups attached to an aromatic ring is 1. The largest absolute Gasteiger partial charge is 0.383 e. The van der Waals surface area contributed by atoms with E-state index in [4.69, 9.17) is 5.73 Å². The Morgan fingerprint density at radius 1 is 1.12 bits per heavy atom. The molecule has 1 amide bonds. The molecule has 0 aromatic carbocycles. The van der Waals surface area contributed by atoms with Gasteiger partial charge in [0.15, 0.2) is 5.82 Å². The van der Waals surface area contributed by atoms with Gasteiger partial charge in [0.1, 0.15) is 30.3 Å². The highest BCUT2D eigenvalue weighted by Crippen LogP contribution is 2.26. The molecule has 5 rings (SSSR count). The molecule has 4 aromatic heterocycles. The third-order valence-corrected chi connectivity index (χ3v) is 5.61. The standard InChI is InChI=1S/C21H21N9O2/c1-11-12(2)29(10-25-21(11)32)18-6-13-5-16(24-8-15(13)20(22)27-18)26-17-7-14-3-4-23-19(31)9-30(14)28-17/h5-8,10H,3-4,9H2,1-2H3,(H2,22,27)(H,23,31)(H,24,26,28). The van der Waals surface area contributed by atoms with E-state index in [-0.39, 0.29) is 18.0 Å². The fraction of sp³-hybridized carbons (Fsp3) is 0.238. The van der Waals surface area contributed by atoms with Crippen molar-refractivity contribution in [2.24, 2.45) is 0 Å². The minimum Gasteiger partial charge on any atom is -0.383 e. The van der Waals surface area contributed by atoms with E-state index in [1.165, 1.54) is 6.33 Å². The first-order valence-electron chi connectivity index (χ1n) is 10.1. The second-order valence-corrected chi connectivity index (χ2v) is 7.69. The number of amides is 1. The third-order valence-electron chi connectivity index (χ3n) is 5.61. The van der Waals surface area contributed by atoms with Gasteiger partial charge in [-0.25, -0.2) is 9.97 Å². The van der Waals surface area contributed by atoms with E-state index in [1.807, 2.05) is 25.1 Å². The van der Waals surface area contributed by atoms with Gasteiger partial charge in [-0.1, -0.05) is 0 Å². The zero-order valence-corrected chi connectivity index (χ0v) is 17.6. The van der Waals surface area contributed by atoms with Crippen LogP contribution >= 0.6 is 0 Å². The first kappa shape index (κ1) is 19.7. The summed E-state index contributed by atoms with van der Waals surface area (Å²) in [6, 6.07) is 5.63. The van der Waals surface area contributed by atoms with Crippen molar-refractivity contribution in [1.82, 2.24) is 34.6 Å². The molecule has 0 saturated carbocycles. The molecule has 162 valence electrons. The third kappa shape index (κ3) is 3.43. The summed E-state index contributed by atoms with van der Waals surface area (Å²) < 4.78 is 3.43. The van der Waals surface area contributed by atoms with Gasteiger partial charge in [0.25, 0.3) is 5.56 Å². The van der Waals surface area contributed by atoms with Crippen molar-refractivity contribution in [3.05, 3.63) is 58.0 Å². The number of fused-ring (bicyclic) bond motifs is 2. The highest BCUT2D eigenvalue weighted by molar-refractivity contribution is 5.93. The maximum atomic E-state index is 11.8. The number of nitrogens with two attached hydrogens (primary N) is 1. The number of hydrogen-bond donors (Lipinski definition) is 3. The number of carbonyl (C=O) groups excluding carboxylic acids is 1. The van der Waals surface area contributed by atoms with E-state index < -0.39 is 0 Å². The van der Waals surface area contributed by atoms with Gasteiger partial charge in [-0.3, -0.25) is 18.8 Å². The van der Waals surface area contributed by atoms with Gasteiger partial charge in [-0.05, 0) is 31.4 Å². The first-order valence-corrected chi connectivity index (χ1v) is 10.1. The van der Waals surface area contributed by atoms with E-state index in [0.29, 0.717) is 47.2 Å². The summed E-state index contributed by atoms with van der Waals surface area (Å²) in [5.74, 6) is 2.02. The number of carbonyl (C=O) groups is 1. The Balaban J connectivity index is 1.51. The molecule has 0 spiro atoms. The van der Waals surface area contributed by atoms with Crippen molar-refractivity contribution < 1.29 is 4.79 Å². The van der Waals surface area contributed by atoms with Crippen LogP contribution in [-0.2, 0) is 17.8 Å². The molecule has 1 aliphatic rings. The predicted octanol–water partition coefficient (Wildman–Crippen LogP) is 0.987. The lowest BCUT2D eigenvalue weighted by Crippen LogP contribution is -2.25. The molecule has 1 aliphatic heterocycles. The molecule has 0 unspecified atom stereocenters. The van der Waals surface area contributed by atoms with Gasteiger partial charge >= 0.3 is 0 Å². The zero-order valence-electron chi connectivity index (χ0n) is 17.6. The van der Waals surface area contributed by atoms with Crippen LogP contribution in [0.15, 0.2) is 35.5 Å². The van der Waals surface area contributed by atoms with Gasteiger partial charge in [0.2, 0.25) is 5.91 Å². The number of rotatable bonds is 3. The zero-order chi connectivity index (χ0) is 22.4. The van der Waals surface area contributed by atoms with E-state index in [0.717, 1.165) is 16.8 Å². The van der Waals surface area contributed by atoms with Gasteiger partial charge in [-0.2, -0.15) is 10.1 Å². The fourth-order valence-corrected chi connectivity index (χ4v) is 3.72. The Bertz CT molecular complexity index is 1440. The van der Waals surface area contributed by atoms with E-state index in [9.17, 15) is 9.59 Å². The molecular weight excluding hydrogens is 410 g/mol. The van der Waals surface area contributed by atoms with E-state index >= 15 is 0 Å². The van der Waals surface area contributed by atoms with Crippen LogP contribution in [-0.4, -0.2) is 41.8 Å². The molecule has 0 fully saturated rings. The monoisotopic (exact) mass is 431 g/mol. The lowest BCUT2D eigenvalue weighted by atomic mass is 10.2. The molecule has 0 atom stereocenters. The van der Waals surface area contributed by atoms with Gasteiger partial charge in [0.05, 0.1) is 0 Å². The number of aromatic nitrogens is 6. The first-order chi connectivity index (χ1) is 15.4. The number of hydrogen-bond acceptors (Lipinski definition) is 8. The second-order valence-electron chi connectivity index (χ2n) is 7.69. The molecule has 0 bridgehead atoms. The lowest BCUT2D eigenvalue weighted by molar-refractivity contribution is -0.121. The highest BCUT2D eigenvalue weighted by atomic mass is 16.2. The molecule has 4 N–H and O–H groups in total. The normalized spacial score (nSPS) is 13.5. The fourth-order valence-electron chi connectivity index (χ4n) is 3.72. The summed E-state index contributed by atoms with van der Waals surface area (Å²) in [4.78, 5) is 36.4. The Morgan fingerprint density at radius 3 is 2.81 bits per heavy atom. The lowest BCUT2D eigenvalue weighted by Gasteiger charge is -2.13. The Morgan fingerprint density at radius 2 is 1.97 bits per heavy atom. The van der Waals surface area contributed by atoms with Crippen molar-refractivity contribution in [3.63, 3.8) is 0 Å². The number of pyridine rings is 2. The predicted molar refractivity (Wildman–Crippen MR) is 119 cm³/mol. The smallest absolute Gasteiger partial charge is 0.275 e. The summed E-state index contributed by atoms with van der Waals surface area (Å²) in [6.45, 7) is 4.35. The SMILES string of the molecule is Cc1c(C)n(-c2cc3cc(Nc4cc5n(n4)CC(=O)NCC5)ncc3c(N)n2)cnc1=O. The minimum absolute atomic E-state index is 0.0553. The van der Waals surface area contributed by atoms with Crippen LogP contribution in [0.4, 0.5) is 17.5 Å². The van der Waals surface area contributed by atoms with Crippen LogP contribution in [0, 0.1) is 13.8 Å². The summed E-state index contributed by atoms with van der Waals surface area (Å²) in [5.41, 5.74) is 8.19. The van der Waals surface area contributed by atoms with Gasteiger partial charge in [0, 0.05) is 47.6 Å². The number of nitrogens with zero attached hydrogens (tertiary/aromatic N) is 6. The quantitative estimate of drug-likeness (QED) is 0.435. The molecule has 11 nitrogen and oxygen atoms in total. The van der Waals surface area contributed by atoms with Crippen LogP contribution in [0.2, 0.25) is 0 Å². The minimum atomic E-state index is -0.265. The highest BCUT2D eigenvalue weighted by Gasteiger charge is 2.16. The van der Waals surface area contributed by atoms with Crippen LogP contribution in [0.3, 0.4) is 0 Å². The van der Waals surface area contributed by atoms with Crippen molar-refractivity contribution in [2.45, 2.75) is 26.8 Å². The molecule has 0 aliphatic carbocycles. The number of anilines is 3. The van der Waals surface area contributed by atoms with Crippen molar-refractivity contribution >= 4 is 34.1 Å². The van der Waals surface area contributed by atoms with E-state index in [1.54, 1.807) is 22.4 Å². The molecule has 11 heteroatoms. The molecule has 0 saturated heterocycles. The molecule has 4 aromatic rings. The van der Waals surface area contributed by atoms with Crippen molar-refractivity contribution in [1.29, 1.82) is 0 Å². The Kier molecular flexibility index (Phi) is 4.58. The maximum Gasteiger partial charge on any atom is 0.275 e. The second kappa shape index (κ2) is 7.45. The van der Waals surface area contributed by atoms with Crippen LogP contribution in [0.25, 0.3) is 16.6 Å². The molecule has 32 heavy (non-hydrogen) atoms. The van der Waals surface area contributed by atoms with Crippen molar-refractivity contribution in [3.8, 4) is 5.82 Å². The van der Waals surface area contributed by atoms with Crippen LogP contribution < -0.4 is 21.9 Å². The van der Waals surface area contributed by atoms with Crippen molar-refractivity contribution in [2.75, 3.05) is 17.6 Å². The Hall–Kier alpha value is -4.28. The van der Waals surface area contributed by atoms with Crippen LogP contribution in [0.1, 0.15) is 17.0 Å². The summed E-state index contributed by atoms with van der Waals surface area (Å²) in [6.07, 6.45) is 3.82. The topological polar surface area (TPSA) is 146 Å². The average molecular weight is 431 g/mol. The molecule has 5 heterocycles. The van der Waals surface area contributed by atoms with Crippen LogP contribution in [0.5, 0.6) is 0 Å². The summed E-state index contributed by atoms with van der Waals surface area (Å²) in [7, 11) is 0. The average Bonchev–Trinajstić information content (AvgIpc) is 3.03. The Labute approximate surface area is 182 Å². The molecular formula is C21H21N9O2. The molecule has 0 radical (unpaired) electrons. The summed E-state index contributed by atoms with van der Waals surface area (Å²) >= 11 is 0. The van der Waals surface area contributed by atoms with E-state index in [2.05, 4.69) is 30.7 Å². The summed E-state index contributed by atoms with van der Waals surface area (Å²) in [5, 5.41) is 12.0.